The van der Waals surface area contributed by atoms with Crippen molar-refractivity contribution in [1.29, 1.82) is 0 Å². The number of fused-ring (bicyclic) bond motifs is 5. The molecule has 2 aromatic rings. The molecule has 5 atom stereocenters. The molecule has 1 amide bonds. The van der Waals surface area contributed by atoms with Crippen LogP contribution in [-0.2, 0) is 4.79 Å². The van der Waals surface area contributed by atoms with E-state index in [4.69, 9.17) is 16.6 Å². The van der Waals surface area contributed by atoms with Crippen LogP contribution in [0, 0.1) is 23.7 Å². The zero-order valence-electron chi connectivity index (χ0n) is 15.7. The molecule has 3 nitrogen and oxygen atoms in total. The van der Waals surface area contributed by atoms with E-state index in [1.807, 2.05) is 36.4 Å². The highest BCUT2D eigenvalue weighted by atomic mass is 35.5. The van der Waals surface area contributed by atoms with Crippen LogP contribution in [0.1, 0.15) is 43.2 Å². The Balaban J connectivity index is 1.62. The van der Waals surface area contributed by atoms with E-state index in [1.54, 1.807) is 0 Å². The lowest BCUT2D eigenvalue weighted by molar-refractivity contribution is -0.127. The van der Waals surface area contributed by atoms with Gasteiger partial charge in [0.05, 0.1) is 11.4 Å². The Morgan fingerprint density at radius 2 is 1.75 bits per heavy atom. The van der Waals surface area contributed by atoms with Crippen LogP contribution in [0.25, 0.3) is 0 Å². The van der Waals surface area contributed by atoms with E-state index < -0.39 is 5.54 Å². The number of carbonyl (C=O) groups excluding carboxylic acids is 1. The first-order valence-electron chi connectivity index (χ1n) is 10.4. The number of halogens is 1. The number of nitrogens with one attached hydrogen (secondary N) is 1. The summed E-state index contributed by atoms with van der Waals surface area (Å²) in [4.78, 5) is 19.1. The van der Waals surface area contributed by atoms with Crippen molar-refractivity contribution >= 4 is 28.9 Å². The highest BCUT2D eigenvalue weighted by Gasteiger charge is 2.62. The molecule has 3 bridgehead atoms. The Morgan fingerprint density at radius 3 is 2.61 bits per heavy atom. The molecule has 3 aliphatic carbocycles. The van der Waals surface area contributed by atoms with Crippen LogP contribution in [-0.4, -0.2) is 17.2 Å². The molecule has 1 N–H and O–H groups in total. The molecule has 4 aliphatic rings. The highest BCUT2D eigenvalue weighted by Crippen LogP contribution is 2.61. The molecular weight excluding hydrogens is 368 g/mol. The predicted octanol–water partition coefficient (Wildman–Crippen LogP) is 5.32. The molecule has 1 aliphatic heterocycles. The standard InChI is InChI=1S/C24H23ClN2O/c25-19-8-9-21-20(13-19)22(14-4-2-1-3-5-14)27-24(23(28)26-21)17-7-6-15-10-18(24)12-16(15)11-17/h1-5,8-9,13,15-18H,6-7,10-12H2,(H,26,28)/t15-,16-,17+,18+,24-/m1/s1. The largest absolute Gasteiger partial charge is 0.323 e. The summed E-state index contributed by atoms with van der Waals surface area (Å²) in [7, 11) is 0. The van der Waals surface area contributed by atoms with Crippen molar-refractivity contribution in [2.24, 2.45) is 28.7 Å². The number of anilines is 1. The number of carbonyl (C=O) groups is 1. The van der Waals surface area contributed by atoms with Gasteiger partial charge in [0.15, 0.2) is 0 Å². The quantitative estimate of drug-likeness (QED) is 0.703. The van der Waals surface area contributed by atoms with E-state index in [0.717, 1.165) is 60.0 Å². The second-order valence-corrected chi connectivity index (χ2v) is 9.43. The second kappa shape index (κ2) is 5.93. The Labute approximate surface area is 170 Å². The van der Waals surface area contributed by atoms with Crippen LogP contribution in [0.2, 0.25) is 5.02 Å². The zero-order valence-corrected chi connectivity index (χ0v) is 16.5. The molecule has 0 saturated heterocycles. The summed E-state index contributed by atoms with van der Waals surface area (Å²) >= 11 is 6.35. The van der Waals surface area contributed by atoms with Crippen molar-refractivity contribution in [2.75, 3.05) is 5.32 Å². The van der Waals surface area contributed by atoms with Crippen molar-refractivity contribution in [3.05, 3.63) is 64.7 Å². The average Bonchev–Trinajstić information content (AvgIpc) is 2.96. The first-order chi connectivity index (χ1) is 13.6. The highest BCUT2D eigenvalue weighted by molar-refractivity contribution is 6.32. The molecule has 0 radical (unpaired) electrons. The van der Waals surface area contributed by atoms with E-state index in [1.165, 1.54) is 6.42 Å². The maximum absolute atomic E-state index is 13.7. The number of nitrogens with zero attached hydrogens (tertiary/aromatic N) is 1. The summed E-state index contributed by atoms with van der Waals surface area (Å²) in [5.74, 6) is 2.39. The van der Waals surface area contributed by atoms with E-state index in [0.29, 0.717) is 16.9 Å². The number of aliphatic imine (C=N–C) groups is 1. The maximum atomic E-state index is 13.7. The Morgan fingerprint density at radius 1 is 0.964 bits per heavy atom. The molecule has 0 unspecified atom stereocenters. The molecular formula is C24H23ClN2O. The molecule has 2 aromatic carbocycles. The summed E-state index contributed by atoms with van der Waals surface area (Å²) in [5.41, 5.74) is 3.07. The molecule has 142 valence electrons. The fourth-order valence-corrected chi connectivity index (χ4v) is 6.73. The topological polar surface area (TPSA) is 41.5 Å². The van der Waals surface area contributed by atoms with E-state index in [2.05, 4.69) is 17.4 Å². The monoisotopic (exact) mass is 390 g/mol. The van der Waals surface area contributed by atoms with Gasteiger partial charge in [-0.05, 0) is 74.0 Å². The summed E-state index contributed by atoms with van der Waals surface area (Å²) < 4.78 is 0. The van der Waals surface area contributed by atoms with Gasteiger partial charge < -0.3 is 5.32 Å². The summed E-state index contributed by atoms with van der Waals surface area (Å²) in [6.07, 6.45) is 5.83. The lowest BCUT2D eigenvalue weighted by Gasteiger charge is -2.46. The minimum atomic E-state index is -0.640. The minimum absolute atomic E-state index is 0.0954. The van der Waals surface area contributed by atoms with E-state index in [-0.39, 0.29) is 5.91 Å². The lowest BCUT2D eigenvalue weighted by atomic mass is 9.62. The van der Waals surface area contributed by atoms with Crippen molar-refractivity contribution in [2.45, 2.75) is 37.6 Å². The summed E-state index contributed by atoms with van der Waals surface area (Å²) in [5, 5.41) is 3.93. The second-order valence-electron chi connectivity index (χ2n) is 8.99. The predicted molar refractivity (Wildman–Crippen MR) is 112 cm³/mol. The van der Waals surface area contributed by atoms with Crippen LogP contribution in [0.15, 0.2) is 53.5 Å². The van der Waals surface area contributed by atoms with Gasteiger partial charge in [0.1, 0.15) is 5.54 Å². The van der Waals surface area contributed by atoms with Crippen molar-refractivity contribution in [3.63, 3.8) is 0 Å². The van der Waals surface area contributed by atoms with Gasteiger partial charge in [-0.3, -0.25) is 9.79 Å². The third-order valence-electron chi connectivity index (χ3n) is 7.75. The smallest absolute Gasteiger partial charge is 0.252 e. The fraction of sp³-hybridized carbons (Fsp3) is 0.417. The zero-order chi connectivity index (χ0) is 18.9. The number of rotatable bonds is 1. The van der Waals surface area contributed by atoms with Gasteiger partial charge in [0.25, 0.3) is 5.91 Å². The van der Waals surface area contributed by atoms with Crippen LogP contribution in [0.5, 0.6) is 0 Å². The van der Waals surface area contributed by atoms with Crippen LogP contribution >= 0.6 is 11.6 Å². The third kappa shape index (κ3) is 2.23. The van der Waals surface area contributed by atoms with Crippen LogP contribution in [0.4, 0.5) is 5.69 Å². The first kappa shape index (κ1) is 16.8. The van der Waals surface area contributed by atoms with Gasteiger partial charge in [0, 0.05) is 16.1 Å². The Bertz CT molecular complexity index is 991. The minimum Gasteiger partial charge on any atom is -0.323 e. The van der Waals surface area contributed by atoms with Gasteiger partial charge in [0.2, 0.25) is 0 Å². The maximum Gasteiger partial charge on any atom is 0.252 e. The average molecular weight is 391 g/mol. The number of hydrogen-bond acceptors (Lipinski definition) is 2. The van der Waals surface area contributed by atoms with E-state index >= 15 is 0 Å². The number of hydrogen-bond donors (Lipinski definition) is 1. The molecule has 6 rings (SSSR count). The molecule has 0 aromatic heterocycles. The van der Waals surface area contributed by atoms with Gasteiger partial charge >= 0.3 is 0 Å². The molecule has 4 heteroatoms. The van der Waals surface area contributed by atoms with Gasteiger partial charge in [-0.1, -0.05) is 41.9 Å². The molecule has 3 saturated carbocycles. The number of amides is 1. The fourth-order valence-electron chi connectivity index (χ4n) is 6.55. The first-order valence-corrected chi connectivity index (χ1v) is 10.8. The van der Waals surface area contributed by atoms with Crippen molar-refractivity contribution in [1.82, 2.24) is 0 Å². The Kier molecular flexibility index (Phi) is 3.56. The molecule has 3 fully saturated rings. The normalized spacial score (nSPS) is 35.3. The van der Waals surface area contributed by atoms with Crippen molar-refractivity contribution in [3.8, 4) is 0 Å². The lowest BCUT2D eigenvalue weighted by Crippen LogP contribution is -2.55. The summed E-state index contributed by atoms with van der Waals surface area (Å²) in [6.45, 7) is 0. The van der Waals surface area contributed by atoms with Crippen molar-refractivity contribution < 1.29 is 4.79 Å². The van der Waals surface area contributed by atoms with Gasteiger partial charge in [-0.2, -0.15) is 0 Å². The summed E-state index contributed by atoms with van der Waals surface area (Å²) in [6, 6.07) is 16.0. The molecule has 1 spiro atoms. The molecule has 28 heavy (non-hydrogen) atoms. The van der Waals surface area contributed by atoms with Gasteiger partial charge in [-0.15, -0.1) is 0 Å². The van der Waals surface area contributed by atoms with Crippen LogP contribution < -0.4 is 5.32 Å². The van der Waals surface area contributed by atoms with E-state index in [9.17, 15) is 4.79 Å². The number of benzene rings is 2. The molecule has 1 heterocycles. The third-order valence-corrected chi connectivity index (χ3v) is 7.99. The SMILES string of the molecule is O=C1Nc2ccc(Cl)cc2C(c2ccccc2)=N[C@]12[C@H]1C[C@H]3CC[C@H]2C[C@@H]3C1. The van der Waals surface area contributed by atoms with Crippen LogP contribution in [0.3, 0.4) is 0 Å². The Hall–Kier alpha value is -2.13. The van der Waals surface area contributed by atoms with Gasteiger partial charge in [-0.25, -0.2) is 0 Å².